The zero-order chi connectivity index (χ0) is 16.1. The summed E-state index contributed by atoms with van der Waals surface area (Å²) >= 11 is 0. The molecule has 116 valence electrons. The number of rotatable bonds is 5. The van der Waals surface area contributed by atoms with Crippen LogP contribution >= 0.6 is 0 Å². The first-order valence-electron chi connectivity index (χ1n) is 8.02. The van der Waals surface area contributed by atoms with Gasteiger partial charge in [-0.1, -0.05) is 97.9 Å². The lowest BCUT2D eigenvalue weighted by atomic mass is 9.71. The van der Waals surface area contributed by atoms with Crippen LogP contribution in [0.3, 0.4) is 0 Å². The fourth-order valence-electron chi connectivity index (χ4n) is 3.20. The Bertz CT molecular complexity index is 722. The van der Waals surface area contributed by atoms with E-state index in [1.807, 2.05) is 54.6 Å². The normalized spacial score (nSPS) is 14.9. The van der Waals surface area contributed by atoms with Crippen molar-refractivity contribution in [3.8, 4) is 0 Å². The highest BCUT2D eigenvalue weighted by atomic mass is 16.3. The molecular weight excluding hydrogens is 280 g/mol. The maximum atomic E-state index is 11.2. The second-order valence-corrected chi connectivity index (χ2v) is 6.26. The average Bonchev–Trinajstić information content (AvgIpc) is 2.63. The molecule has 3 aromatic rings. The molecule has 1 nitrogen and oxygen atoms in total. The van der Waals surface area contributed by atoms with E-state index in [0.29, 0.717) is 0 Å². The van der Waals surface area contributed by atoms with Crippen molar-refractivity contribution in [3.63, 3.8) is 0 Å². The van der Waals surface area contributed by atoms with Crippen molar-refractivity contribution in [2.45, 2.75) is 24.9 Å². The highest BCUT2D eigenvalue weighted by Crippen LogP contribution is 2.40. The van der Waals surface area contributed by atoms with Crippen molar-refractivity contribution in [1.82, 2.24) is 0 Å². The van der Waals surface area contributed by atoms with Gasteiger partial charge in [0.2, 0.25) is 0 Å². The van der Waals surface area contributed by atoms with E-state index in [9.17, 15) is 5.11 Å². The fraction of sp³-hybridized carbons (Fsp3) is 0.182. The number of hydrogen-bond donors (Lipinski definition) is 1. The summed E-state index contributed by atoms with van der Waals surface area (Å²) in [5, 5.41) is 11.2. The lowest BCUT2D eigenvalue weighted by Gasteiger charge is -2.36. The number of aliphatic hydroxyl groups is 1. The smallest absolute Gasteiger partial charge is 0.0887 e. The van der Waals surface area contributed by atoms with E-state index in [4.69, 9.17) is 0 Å². The molecular formula is C22H22O. The Kier molecular flexibility index (Phi) is 4.59. The Labute approximate surface area is 138 Å². The van der Waals surface area contributed by atoms with Gasteiger partial charge in [0, 0.05) is 5.41 Å². The van der Waals surface area contributed by atoms with Crippen LogP contribution < -0.4 is 0 Å². The molecule has 0 radical (unpaired) electrons. The molecule has 1 N–H and O–H groups in total. The molecule has 0 spiro atoms. The molecule has 1 heteroatoms. The third kappa shape index (κ3) is 3.35. The van der Waals surface area contributed by atoms with Gasteiger partial charge in [-0.05, 0) is 23.1 Å². The first kappa shape index (κ1) is 15.5. The molecule has 23 heavy (non-hydrogen) atoms. The van der Waals surface area contributed by atoms with Gasteiger partial charge < -0.3 is 5.11 Å². The van der Waals surface area contributed by atoms with E-state index >= 15 is 0 Å². The van der Waals surface area contributed by atoms with E-state index in [2.05, 4.69) is 43.3 Å². The molecule has 0 bridgehead atoms. The molecule has 0 saturated carbocycles. The SMILES string of the molecule is C[C@](Cc1ccccc1)(c1ccccc1)[C@@H](O)c1ccccc1. The van der Waals surface area contributed by atoms with E-state index in [-0.39, 0.29) is 5.41 Å². The molecule has 0 aromatic heterocycles. The second kappa shape index (κ2) is 6.80. The van der Waals surface area contributed by atoms with Crippen LogP contribution in [-0.2, 0) is 11.8 Å². The predicted molar refractivity (Wildman–Crippen MR) is 95.3 cm³/mol. The van der Waals surface area contributed by atoms with Crippen LogP contribution in [0, 0.1) is 0 Å². The predicted octanol–water partition coefficient (Wildman–Crippen LogP) is 4.92. The van der Waals surface area contributed by atoms with Crippen molar-refractivity contribution in [1.29, 1.82) is 0 Å². The molecule has 3 rings (SSSR count). The number of benzene rings is 3. The molecule has 0 saturated heterocycles. The lowest BCUT2D eigenvalue weighted by molar-refractivity contribution is 0.0893. The van der Waals surface area contributed by atoms with E-state index in [1.165, 1.54) is 5.56 Å². The molecule has 3 aromatic carbocycles. The standard InChI is InChI=1S/C22H22O/c1-22(20-15-9-4-10-16-20,17-18-11-5-2-6-12-18)21(23)19-13-7-3-8-14-19/h2-16,21,23H,17H2,1H3/t21-,22-/m0/s1. The van der Waals surface area contributed by atoms with Crippen LogP contribution in [-0.4, -0.2) is 5.11 Å². The maximum absolute atomic E-state index is 11.2. The lowest BCUT2D eigenvalue weighted by Crippen LogP contribution is -2.33. The Morgan fingerprint density at radius 2 is 1.22 bits per heavy atom. The zero-order valence-corrected chi connectivity index (χ0v) is 13.4. The maximum Gasteiger partial charge on any atom is 0.0887 e. The fourth-order valence-corrected chi connectivity index (χ4v) is 3.20. The number of hydrogen-bond acceptors (Lipinski definition) is 1. The van der Waals surface area contributed by atoms with Crippen molar-refractivity contribution in [2.24, 2.45) is 0 Å². The molecule has 0 unspecified atom stereocenters. The topological polar surface area (TPSA) is 20.2 Å². The first-order chi connectivity index (χ1) is 11.2. The van der Waals surface area contributed by atoms with Gasteiger partial charge in [0.15, 0.2) is 0 Å². The van der Waals surface area contributed by atoms with Crippen molar-refractivity contribution in [2.75, 3.05) is 0 Å². The minimum absolute atomic E-state index is 0.385. The zero-order valence-electron chi connectivity index (χ0n) is 13.4. The number of aliphatic hydroxyl groups excluding tert-OH is 1. The summed E-state index contributed by atoms with van der Waals surface area (Å²) in [6.07, 6.45) is 0.222. The Morgan fingerprint density at radius 1 is 0.739 bits per heavy atom. The Balaban J connectivity index is 2.03. The summed E-state index contributed by atoms with van der Waals surface area (Å²) in [5.41, 5.74) is 2.95. The molecule has 0 amide bonds. The van der Waals surface area contributed by atoms with Crippen LogP contribution in [0.2, 0.25) is 0 Å². The van der Waals surface area contributed by atoms with Crippen LogP contribution in [0.25, 0.3) is 0 Å². The minimum atomic E-state index is -0.564. The average molecular weight is 302 g/mol. The van der Waals surface area contributed by atoms with Crippen molar-refractivity contribution >= 4 is 0 Å². The molecule has 0 fully saturated rings. The van der Waals surface area contributed by atoms with Gasteiger partial charge in [0.05, 0.1) is 6.10 Å². The van der Waals surface area contributed by atoms with Gasteiger partial charge >= 0.3 is 0 Å². The van der Waals surface area contributed by atoms with Crippen molar-refractivity contribution < 1.29 is 5.11 Å². The third-order valence-electron chi connectivity index (χ3n) is 4.57. The summed E-state index contributed by atoms with van der Waals surface area (Å²) < 4.78 is 0. The molecule has 0 heterocycles. The molecule has 0 aliphatic rings. The largest absolute Gasteiger partial charge is 0.387 e. The highest BCUT2D eigenvalue weighted by Gasteiger charge is 2.35. The minimum Gasteiger partial charge on any atom is -0.387 e. The van der Waals surface area contributed by atoms with Gasteiger partial charge in [0.1, 0.15) is 0 Å². The van der Waals surface area contributed by atoms with E-state index in [0.717, 1.165) is 17.5 Å². The highest BCUT2D eigenvalue weighted by molar-refractivity contribution is 5.34. The Hall–Kier alpha value is -2.38. The van der Waals surface area contributed by atoms with Gasteiger partial charge in [-0.15, -0.1) is 0 Å². The van der Waals surface area contributed by atoms with Crippen LogP contribution in [0.4, 0.5) is 0 Å². The van der Waals surface area contributed by atoms with Gasteiger partial charge in [-0.2, -0.15) is 0 Å². The van der Waals surface area contributed by atoms with Crippen LogP contribution in [0.5, 0.6) is 0 Å². The first-order valence-corrected chi connectivity index (χ1v) is 8.02. The molecule has 0 aliphatic heterocycles. The quantitative estimate of drug-likeness (QED) is 0.709. The van der Waals surface area contributed by atoms with Gasteiger partial charge in [0.25, 0.3) is 0 Å². The van der Waals surface area contributed by atoms with Crippen molar-refractivity contribution in [3.05, 3.63) is 108 Å². The van der Waals surface area contributed by atoms with E-state index in [1.54, 1.807) is 0 Å². The summed E-state index contributed by atoms with van der Waals surface area (Å²) in [5.74, 6) is 0. The van der Waals surface area contributed by atoms with Gasteiger partial charge in [-0.25, -0.2) is 0 Å². The monoisotopic (exact) mass is 302 g/mol. The third-order valence-corrected chi connectivity index (χ3v) is 4.57. The summed E-state index contributed by atoms with van der Waals surface area (Å²) in [7, 11) is 0. The van der Waals surface area contributed by atoms with E-state index < -0.39 is 6.10 Å². The summed E-state index contributed by atoms with van der Waals surface area (Å²) in [4.78, 5) is 0. The molecule has 2 atom stereocenters. The van der Waals surface area contributed by atoms with Crippen LogP contribution in [0.1, 0.15) is 29.7 Å². The van der Waals surface area contributed by atoms with Crippen LogP contribution in [0.15, 0.2) is 91.0 Å². The summed E-state index contributed by atoms with van der Waals surface area (Å²) in [6, 6.07) is 30.6. The Morgan fingerprint density at radius 3 is 1.78 bits per heavy atom. The summed E-state index contributed by atoms with van der Waals surface area (Å²) in [6.45, 7) is 2.15. The molecule has 0 aliphatic carbocycles. The second-order valence-electron chi connectivity index (χ2n) is 6.26. The van der Waals surface area contributed by atoms with Gasteiger partial charge in [-0.3, -0.25) is 0 Å².